The van der Waals surface area contributed by atoms with Crippen molar-refractivity contribution in [1.82, 2.24) is 10.6 Å². The molecule has 2 heterocycles. The fourth-order valence-corrected chi connectivity index (χ4v) is 2.75. The number of furan rings is 2. The van der Waals surface area contributed by atoms with Crippen LogP contribution < -0.4 is 10.6 Å². The van der Waals surface area contributed by atoms with Gasteiger partial charge in [0, 0.05) is 10.6 Å². The number of halogens is 2. The Bertz CT molecular complexity index is 907. The Labute approximate surface area is 158 Å². The average Bonchev–Trinajstić information content (AvgIpc) is 3.24. The number of hydrogen-bond acceptors (Lipinski definition) is 4. The number of carbonyl (C=O) groups excluding carboxylic acids is 1. The van der Waals surface area contributed by atoms with E-state index in [0.717, 1.165) is 0 Å². The van der Waals surface area contributed by atoms with Gasteiger partial charge in [-0.1, -0.05) is 23.2 Å². The van der Waals surface area contributed by atoms with Crippen molar-refractivity contribution in [1.29, 1.82) is 0 Å². The summed E-state index contributed by atoms with van der Waals surface area (Å²) in [5.74, 6) is 0.812. The molecule has 3 rings (SSSR count). The predicted octanol–water partition coefficient (Wildman–Crippen LogP) is 4.65. The van der Waals surface area contributed by atoms with Gasteiger partial charge in [-0.05, 0) is 54.7 Å². The monoisotopic (exact) mass is 394 g/mol. The van der Waals surface area contributed by atoms with E-state index < -0.39 is 5.91 Å². The molecule has 2 aromatic heterocycles. The fraction of sp³-hybridized carbons (Fsp3) is 0.0588. The highest BCUT2D eigenvalue weighted by Gasteiger charge is 2.15. The lowest BCUT2D eigenvalue weighted by Gasteiger charge is -2.07. The van der Waals surface area contributed by atoms with E-state index in [9.17, 15) is 4.79 Å². The number of amides is 1. The van der Waals surface area contributed by atoms with Crippen molar-refractivity contribution < 1.29 is 13.6 Å². The van der Waals surface area contributed by atoms with Gasteiger partial charge in [-0.2, -0.15) is 0 Å². The Kier molecular flexibility index (Phi) is 5.43. The maximum Gasteiger partial charge on any atom is 0.293 e. The lowest BCUT2D eigenvalue weighted by atomic mass is 10.2. The molecule has 3 aromatic rings. The van der Waals surface area contributed by atoms with Gasteiger partial charge in [0.15, 0.2) is 10.9 Å². The van der Waals surface area contributed by atoms with Gasteiger partial charge >= 0.3 is 0 Å². The Morgan fingerprint density at radius 1 is 1.16 bits per heavy atom. The second kappa shape index (κ2) is 7.74. The first-order valence-corrected chi connectivity index (χ1v) is 8.36. The summed E-state index contributed by atoms with van der Waals surface area (Å²) in [7, 11) is 0. The molecule has 0 aliphatic heterocycles. The van der Waals surface area contributed by atoms with Gasteiger partial charge in [-0.3, -0.25) is 10.1 Å². The molecule has 1 amide bonds. The number of benzene rings is 1. The summed E-state index contributed by atoms with van der Waals surface area (Å²) in [6.45, 7) is 0.371. The second-order valence-electron chi connectivity index (χ2n) is 5.00. The van der Waals surface area contributed by atoms with Gasteiger partial charge in [0.05, 0.1) is 17.8 Å². The molecule has 0 saturated heterocycles. The Balaban J connectivity index is 1.63. The molecule has 2 N–H and O–H groups in total. The van der Waals surface area contributed by atoms with E-state index in [1.54, 1.807) is 48.7 Å². The zero-order valence-corrected chi connectivity index (χ0v) is 15.0. The minimum atomic E-state index is -0.465. The van der Waals surface area contributed by atoms with Crippen molar-refractivity contribution in [3.8, 4) is 11.3 Å². The highest BCUT2D eigenvalue weighted by Crippen LogP contribution is 2.31. The Hall–Kier alpha value is -2.28. The molecule has 5 nitrogen and oxygen atoms in total. The summed E-state index contributed by atoms with van der Waals surface area (Å²) in [6, 6.07) is 11.8. The molecule has 128 valence electrons. The first-order valence-electron chi connectivity index (χ1n) is 7.20. The minimum Gasteiger partial charge on any atom is -0.467 e. The maximum absolute atomic E-state index is 12.2. The van der Waals surface area contributed by atoms with Crippen LogP contribution in [0.1, 0.15) is 16.3 Å². The van der Waals surface area contributed by atoms with Crippen LogP contribution in [0.3, 0.4) is 0 Å². The normalized spacial score (nSPS) is 10.5. The van der Waals surface area contributed by atoms with Gasteiger partial charge in [0.1, 0.15) is 11.5 Å². The van der Waals surface area contributed by atoms with Crippen LogP contribution in [0.25, 0.3) is 11.3 Å². The first-order chi connectivity index (χ1) is 12.0. The molecule has 0 atom stereocenters. The lowest BCUT2D eigenvalue weighted by Crippen LogP contribution is -2.38. The van der Waals surface area contributed by atoms with Crippen molar-refractivity contribution in [2.75, 3.05) is 0 Å². The molecule has 8 heteroatoms. The highest BCUT2D eigenvalue weighted by atomic mass is 35.5. The number of rotatable bonds is 4. The molecule has 1 aromatic carbocycles. The van der Waals surface area contributed by atoms with Crippen LogP contribution in [-0.2, 0) is 6.54 Å². The Morgan fingerprint density at radius 2 is 2.00 bits per heavy atom. The standard InChI is InChI=1S/C17H12Cl2N2O3S/c18-10-3-4-12(13(19)8-10)14-5-6-15(24-14)16(22)21-17(25)20-9-11-2-1-7-23-11/h1-8H,9H2,(H2,20,21,22,25). The van der Waals surface area contributed by atoms with Gasteiger partial charge in [0.2, 0.25) is 0 Å². The summed E-state index contributed by atoms with van der Waals surface area (Å²) in [5.41, 5.74) is 0.642. The van der Waals surface area contributed by atoms with E-state index in [1.165, 1.54) is 0 Å². The van der Waals surface area contributed by atoms with E-state index in [2.05, 4.69) is 10.6 Å². The third-order valence-electron chi connectivity index (χ3n) is 3.26. The molecule has 25 heavy (non-hydrogen) atoms. The van der Waals surface area contributed by atoms with Crippen molar-refractivity contribution in [2.45, 2.75) is 6.54 Å². The van der Waals surface area contributed by atoms with Gasteiger partial charge in [-0.25, -0.2) is 0 Å². The molecular weight excluding hydrogens is 383 g/mol. The largest absolute Gasteiger partial charge is 0.467 e. The third-order valence-corrected chi connectivity index (χ3v) is 4.05. The molecule has 0 aliphatic carbocycles. The molecule has 0 unspecified atom stereocenters. The van der Waals surface area contributed by atoms with Crippen LogP contribution >= 0.6 is 35.4 Å². The molecule has 0 bridgehead atoms. The number of carbonyl (C=O) groups is 1. The van der Waals surface area contributed by atoms with Crippen LogP contribution in [0.4, 0.5) is 0 Å². The highest BCUT2D eigenvalue weighted by molar-refractivity contribution is 7.80. The predicted molar refractivity (Wildman–Crippen MR) is 99.8 cm³/mol. The quantitative estimate of drug-likeness (QED) is 0.630. The topological polar surface area (TPSA) is 67.4 Å². The summed E-state index contributed by atoms with van der Waals surface area (Å²) in [4.78, 5) is 12.2. The summed E-state index contributed by atoms with van der Waals surface area (Å²) < 4.78 is 10.7. The zero-order chi connectivity index (χ0) is 17.8. The van der Waals surface area contributed by atoms with Gasteiger partial charge < -0.3 is 14.2 Å². The SMILES string of the molecule is O=C(NC(=S)NCc1ccco1)c1ccc(-c2ccc(Cl)cc2Cl)o1. The van der Waals surface area contributed by atoms with Crippen molar-refractivity contribution >= 4 is 46.4 Å². The van der Waals surface area contributed by atoms with Crippen LogP contribution in [-0.4, -0.2) is 11.0 Å². The third kappa shape index (κ3) is 4.42. The van der Waals surface area contributed by atoms with Gasteiger partial charge in [0.25, 0.3) is 5.91 Å². The molecular formula is C17H12Cl2N2O3S. The first kappa shape index (κ1) is 17.5. The number of thiocarbonyl (C=S) groups is 1. The maximum atomic E-state index is 12.2. The summed E-state index contributed by atoms with van der Waals surface area (Å²) in [6.07, 6.45) is 1.56. The van der Waals surface area contributed by atoms with E-state index >= 15 is 0 Å². The van der Waals surface area contributed by atoms with Crippen LogP contribution in [0, 0.1) is 0 Å². The van der Waals surface area contributed by atoms with E-state index in [-0.39, 0.29) is 10.9 Å². The van der Waals surface area contributed by atoms with Gasteiger partial charge in [-0.15, -0.1) is 0 Å². The van der Waals surface area contributed by atoms with E-state index in [0.29, 0.717) is 33.7 Å². The smallest absolute Gasteiger partial charge is 0.293 e. The number of nitrogens with one attached hydrogen (secondary N) is 2. The fourth-order valence-electron chi connectivity index (χ4n) is 2.08. The number of hydrogen-bond donors (Lipinski definition) is 2. The minimum absolute atomic E-state index is 0.114. The van der Waals surface area contributed by atoms with E-state index in [1.807, 2.05) is 0 Å². The van der Waals surface area contributed by atoms with Crippen LogP contribution in [0.2, 0.25) is 10.0 Å². The molecule has 0 spiro atoms. The van der Waals surface area contributed by atoms with Crippen LogP contribution in [0.15, 0.2) is 57.6 Å². The molecule has 0 radical (unpaired) electrons. The van der Waals surface area contributed by atoms with Crippen LogP contribution in [0.5, 0.6) is 0 Å². The van der Waals surface area contributed by atoms with Crippen molar-refractivity contribution in [3.05, 3.63) is 70.3 Å². The summed E-state index contributed by atoms with van der Waals surface area (Å²) >= 11 is 17.1. The van der Waals surface area contributed by atoms with Crippen molar-refractivity contribution in [2.24, 2.45) is 0 Å². The van der Waals surface area contributed by atoms with E-state index in [4.69, 9.17) is 44.3 Å². The zero-order valence-electron chi connectivity index (χ0n) is 12.7. The average molecular weight is 395 g/mol. The second-order valence-corrected chi connectivity index (χ2v) is 6.26. The molecule has 0 fully saturated rings. The molecule has 0 saturated carbocycles. The van der Waals surface area contributed by atoms with Crippen molar-refractivity contribution in [3.63, 3.8) is 0 Å². The Morgan fingerprint density at radius 3 is 2.72 bits per heavy atom. The summed E-state index contributed by atoms with van der Waals surface area (Å²) in [5, 5.41) is 6.53. The lowest BCUT2D eigenvalue weighted by molar-refractivity contribution is 0.0950. The molecule has 0 aliphatic rings.